The van der Waals surface area contributed by atoms with Crippen LogP contribution in [0.3, 0.4) is 0 Å². The summed E-state index contributed by atoms with van der Waals surface area (Å²) in [6.45, 7) is 7.24. The first-order chi connectivity index (χ1) is 8.03. The molecule has 3 N–H and O–H groups in total. The third-order valence-corrected chi connectivity index (χ3v) is 3.60. The van der Waals surface area contributed by atoms with E-state index in [2.05, 4.69) is 11.8 Å². The van der Waals surface area contributed by atoms with Gasteiger partial charge in [0.25, 0.3) is 0 Å². The zero-order valence-electron chi connectivity index (χ0n) is 10.8. The van der Waals surface area contributed by atoms with Crippen molar-refractivity contribution in [3.8, 4) is 0 Å². The topological polar surface area (TPSA) is 75.8 Å². The summed E-state index contributed by atoms with van der Waals surface area (Å²) in [5.41, 5.74) is 4.86. The van der Waals surface area contributed by atoms with E-state index in [4.69, 9.17) is 15.6 Å². The van der Waals surface area contributed by atoms with E-state index < -0.39 is 11.5 Å². The number of rotatable bonds is 7. The fraction of sp³-hybridized carbons (Fsp3) is 0.917. The molecule has 0 heterocycles. The highest BCUT2D eigenvalue weighted by Gasteiger charge is 2.43. The lowest BCUT2D eigenvalue weighted by Gasteiger charge is -2.28. The average Bonchev–Trinajstić information content (AvgIpc) is 2.69. The van der Waals surface area contributed by atoms with Gasteiger partial charge in [-0.25, -0.2) is 0 Å². The molecule has 0 aliphatic heterocycles. The first kappa shape index (κ1) is 14.4. The van der Waals surface area contributed by atoms with Crippen molar-refractivity contribution in [3.05, 3.63) is 0 Å². The number of likely N-dealkylation sites (N-methyl/N-ethyl adjacent to an activating group) is 1. The van der Waals surface area contributed by atoms with Gasteiger partial charge in [0.2, 0.25) is 0 Å². The molecule has 1 rings (SSSR count). The Labute approximate surface area is 103 Å². The molecule has 0 bridgehead atoms. The van der Waals surface area contributed by atoms with Crippen LogP contribution in [0.4, 0.5) is 0 Å². The fourth-order valence-electron chi connectivity index (χ4n) is 2.48. The molecule has 1 fully saturated rings. The summed E-state index contributed by atoms with van der Waals surface area (Å²) >= 11 is 0. The molecule has 0 spiro atoms. The van der Waals surface area contributed by atoms with Gasteiger partial charge in [0.1, 0.15) is 5.54 Å². The molecule has 5 nitrogen and oxygen atoms in total. The van der Waals surface area contributed by atoms with Gasteiger partial charge in [-0.3, -0.25) is 9.69 Å². The summed E-state index contributed by atoms with van der Waals surface area (Å²) in [4.78, 5) is 13.3. The lowest BCUT2D eigenvalue weighted by atomic mass is 9.99. The van der Waals surface area contributed by atoms with E-state index in [0.717, 1.165) is 26.1 Å². The molecule has 100 valence electrons. The Kier molecular flexibility index (Phi) is 5.36. The Balaban J connectivity index is 2.47. The molecular formula is C12H24N2O3. The molecule has 0 aromatic rings. The minimum atomic E-state index is -1.02. The van der Waals surface area contributed by atoms with Crippen molar-refractivity contribution in [2.24, 2.45) is 5.73 Å². The smallest absolute Gasteiger partial charge is 0.323 e. The van der Waals surface area contributed by atoms with Crippen LogP contribution in [0.5, 0.6) is 0 Å². The van der Waals surface area contributed by atoms with Crippen molar-refractivity contribution in [1.29, 1.82) is 0 Å². The summed E-state index contributed by atoms with van der Waals surface area (Å²) in [7, 11) is 0. The molecule has 0 aromatic heterocycles. The lowest BCUT2D eigenvalue weighted by molar-refractivity contribution is -0.143. The highest BCUT2D eigenvalue weighted by molar-refractivity contribution is 5.79. The van der Waals surface area contributed by atoms with E-state index in [1.165, 1.54) is 0 Å². The first-order valence-corrected chi connectivity index (χ1v) is 6.37. The van der Waals surface area contributed by atoms with Crippen LogP contribution in [0.1, 0.15) is 33.1 Å². The maximum atomic E-state index is 11.1. The summed E-state index contributed by atoms with van der Waals surface area (Å²) in [5, 5.41) is 9.09. The van der Waals surface area contributed by atoms with Gasteiger partial charge in [0.05, 0.1) is 6.61 Å². The molecule has 1 aliphatic carbocycles. The number of hydrogen-bond acceptors (Lipinski definition) is 4. The number of hydrogen-bond donors (Lipinski definition) is 2. The molecule has 0 amide bonds. The number of carbonyl (C=O) groups is 1. The van der Waals surface area contributed by atoms with Crippen LogP contribution in [-0.2, 0) is 9.53 Å². The van der Waals surface area contributed by atoms with Gasteiger partial charge in [-0.15, -0.1) is 0 Å². The van der Waals surface area contributed by atoms with E-state index in [1.807, 2.05) is 6.92 Å². The molecule has 2 unspecified atom stereocenters. The van der Waals surface area contributed by atoms with Gasteiger partial charge >= 0.3 is 5.97 Å². The number of carboxylic acids is 1. The van der Waals surface area contributed by atoms with Crippen LogP contribution in [0, 0.1) is 0 Å². The van der Waals surface area contributed by atoms with Crippen LogP contribution in [0.2, 0.25) is 0 Å². The van der Waals surface area contributed by atoms with E-state index >= 15 is 0 Å². The van der Waals surface area contributed by atoms with E-state index in [9.17, 15) is 4.79 Å². The number of carboxylic acid groups (broad SMARTS) is 1. The molecule has 1 aliphatic rings. The second-order valence-electron chi connectivity index (χ2n) is 4.68. The number of ether oxygens (including phenoxy) is 1. The van der Waals surface area contributed by atoms with Crippen molar-refractivity contribution in [1.82, 2.24) is 4.90 Å². The molecule has 17 heavy (non-hydrogen) atoms. The summed E-state index contributed by atoms with van der Waals surface area (Å²) in [6.07, 6.45) is 1.98. The monoisotopic (exact) mass is 244 g/mol. The van der Waals surface area contributed by atoms with Crippen molar-refractivity contribution in [2.45, 2.75) is 44.7 Å². The van der Waals surface area contributed by atoms with Crippen molar-refractivity contribution in [3.63, 3.8) is 0 Å². The van der Waals surface area contributed by atoms with Crippen LogP contribution in [-0.4, -0.2) is 53.9 Å². The summed E-state index contributed by atoms with van der Waals surface area (Å²) in [5.74, 6) is -0.874. The molecule has 0 aromatic carbocycles. The van der Waals surface area contributed by atoms with Gasteiger partial charge in [-0.2, -0.15) is 0 Å². The Hall–Kier alpha value is -0.650. The van der Waals surface area contributed by atoms with Crippen molar-refractivity contribution in [2.75, 3.05) is 26.3 Å². The average molecular weight is 244 g/mol. The van der Waals surface area contributed by atoms with E-state index in [-0.39, 0.29) is 6.04 Å². The third-order valence-electron chi connectivity index (χ3n) is 3.60. The van der Waals surface area contributed by atoms with Gasteiger partial charge in [0, 0.05) is 19.2 Å². The number of nitrogens with two attached hydrogens (primary N) is 1. The summed E-state index contributed by atoms with van der Waals surface area (Å²) < 4.78 is 5.34. The maximum Gasteiger partial charge on any atom is 0.323 e. The van der Waals surface area contributed by atoms with E-state index in [1.54, 1.807) is 0 Å². The van der Waals surface area contributed by atoms with Gasteiger partial charge in [0.15, 0.2) is 0 Å². The predicted molar refractivity (Wildman–Crippen MR) is 65.9 cm³/mol. The first-order valence-electron chi connectivity index (χ1n) is 6.37. The molecule has 0 saturated heterocycles. The SMILES string of the molecule is CCOCCN(CC)C1CCC(N)(C(=O)O)C1. The maximum absolute atomic E-state index is 11.1. The Morgan fingerprint density at radius 2 is 2.29 bits per heavy atom. The van der Waals surface area contributed by atoms with Gasteiger partial charge in [-0.05, 0) is 32.7 Å². The fourth-order valence-corrected chi connectivity index (χ4v) is 2.48. The van der Waals surface area contributed by atoms with E-state index in [0.29, 0.717) is 19.4 Å². The molecular weight excluding hydrogens is 220 g/mol. The van der Waals surface area contributed by atoms with Crippen molar-refractivity contribution < 1.29 is 14.6 Å². The lowest BCUT2D eigenvalue weighted by Crippen LogP contribution is -2.47. The summed E-state index contributed by atoms with van der Waals surface area (Å²) in [6, 6.07) is 0.279. The molecule has 2 atom stereocenters. The highest BCUT2D eigenvalue weighted by Crippen LogP contribution is 2.31. The normalized spacial score (nSPS) is 28.8. The minimum Gasteiger partial charge on any atom is -0.480 e. The number of aliphatic carboxylic acids is 1. The largest absolute Gasteiger partial charge is 0.480 e. The molecule has 5 heteroatoms. The van der Waals surface area contributed by atoms with Crippen molar-refractivity contribution >= 4 is 5.97 Å². The second-order valence-corrected chi connectivity index (χ2v) is 4.68. The van der Waals surface area contributed by atoms with Crippen LogP contribution in [0.15, 0.2) is 0 Å². The molecule has 0 radical (unpaired) electrons. The van der Waals surface area contributed by atoms with Crippen LogP contribution >= 0.6 is 0 Å². The zero-order valence-corrected chi connectivity index (χ0v) is 10.8. The standard InChI is InChI=1S/C12H24N2O3/c1-3-14(7-8-17-4-2)10-5-6-12(13,9-10)11(15)16/h10H,3-9,13H2,1-2H3,(H,15,16). The third kappa shape index (κ3) is 3.66. The Bertz CT molecular complexity index is 260. The van der Waals surface area contributed by atoms with Gasteiger partial charge in [-0.1, -0.05) is 6.92 Å². The Morgan fingerprint density at radius 1 is 1.59 bits per heavy atom. The molecule has 1 saturated carbocycles. The Morgan fingerprint density at radius 3 is 2.76 bits per heavy atom. The van der Waals surface area contributed by atoms with Crippen LogP contribution < -0.4 is 5.73 Å². The zero-order chi connectivity index (χ0) is 12.9. The quantitative estimate of drug-likeness (QED) is 0.644. The minimum absolute atomic E-state index is 0.279. The van der Waals surface area contributed by atoms with Gasteiger partial charge < -0.3 is 15.6 Å². The highest BCUT2D eigenvalue weighted by atomic mass is 16.5. The predicted octanol–water partition coefficient (Wildman–Crippen LogP) is 0.679. The second kappa shape index (κ2) is 6.33. The van der Waals surface area contributed by atoms with Crippen LogP contribution in [0.25, 0.3) is 0 Å². The number of nitrogens with zero attached hydrogens (tertiary/aromatic N) is 1.